The zero-order valence-corrected chi connectivity index (χ0v) is 17.4. The van der Waals surface area contributed by atoms with E-state index in [2.05, 4.69) is 41.5 Å². The highest BCUT2D eigenvalue weighted by Crippen LogP contribution is 2.40. The summed E-state index contributed by atoms with van der Waals surface area (Å²) >= 11 is 0. The van der Waals surface area contributed by atoms with Crippen LogP contribution >= 0.6 is 0 Å². The van der Waals surface area contributed by atoms with Crippen molar-refractivity contribution in [3.63, 3.8) is 0 Å². The van der Waals surface area contributed by atoms with Gasteiger partial charge < -0.3 is 9.84 Å². The number of phenols is 1. The second kappa shape index (κ2) is 7.59. The van der Waals surface area contributed by atoms with E-state index in [0.29, 0.717) is 11.3 Å². The van der Waals surface area contributed by atoms with E-state index in [1.165, 1.54) is 0 Å². The molecule has 27 heavy (non-hydrogen) atoms. The molecule has 144 valence electrons. The monoisotopic (exact) mass is 366 g/mol. The van der Waals surface area contributed by atoms with Crippen LogP contribution < -0.4 is 4.74 Å². The lowest BCUT2D eigenvalue weighted by atomic mass is 9.78. The van der Waals surface area contributed by atoms with E-state index in [4.69, 9.17) is 4.74 Å². The first-order chi connectivity index (χ1) is 12.4. The smallest absolute Gasteiger partial charge is 0.185 e. The molecule has 1 N–H and O–H groups in total. The number of hydrogen-bond acceptors (Lipinski definition) is 3. The molecular weight excluding hydrogens is 336 g/mol. The van der Waals surface area contributed by atoms with Gasteiger partial charge in [-0.3, -0.25) is 4.79 Å². The third-order valence-electron chi connectivity index (χ3n) is 4.55. The molecule has 0 saturated heterocycles. The summed E-state index contributed by atoms with van der Waals surface area (Å²) in [6.07, 6.45) is 3.39. The molecule has 3 nitrogen and oxygen atoms in total. The average Bonchev–Trinajstić information content (AvgIpc) is 2.58. The summed E-state index contributed by atoms with van der Waals surface area (Å²) in [6, 6.07) is 11.0. The molecule has 0 saturated carbocycles. The number of benzene rings is 2. The first kappa shape index (κ1) is 20.8. The van der Waals surface area contributed by atoms with Gasteiger partial charge in [0.15, 0.2) is 5.78 Å². The van der Waals surface area contributed by atoms with Crippen LogP contribution in [0.15, 0.2) is 42.5 Å². The molecule has 3 heteroatoms. The second-order valence-electron chi connectivity index (χ2n) is 8.89. The molecule has 2 aromatic rings. The lowest BCUT2D eigenvalue weighted by molar-refractivity contribution is 0.104. The molecule has 2 rings (SSSR count). The maximum atomic E-state index is 12.5. The number of carbonyl (C=O) groups excluding carboxylic acids is 1. The molecule has 0 atom stereocenters. The predicted octanol–water partition coefficient (Wildman–Crippen LogP) is 5.89. The average molecular weight is 367 g/mol. The second-order valence-corrected chi connectivity index (χ2v) is 8.89. The molecule has 0 fully saturated rings. The molecule has 0 aromatic heterocycles. The number of carbonyl (C=O) groups is 1. The van der Waals surface area contributed by atoms with E-state index < -0.39 is 0 Å². The quantitative estimate of drug-likeness (QED) is 0.542. The standard InChI is InChI=1S/C24H30O3/c1-23(2,3)19-14-16(15-20(22(19)26)24(4,5)6)8-13-21(25)17-9-11-18(27-7)12-10-17/h8-15,26H,1-7H3/b13-8+. The first-order valence-corrected chi connectivity index (χ1v) is 9.18. The van der Waals surface area contributed by atoms with Gasteiger partial charge in [-0.1, -0.05) is 47.6 Å². The first-order valence-electron chi connectivity index (χ1n) is 9.18. The number of rotatable bonds is 4. The minimum absolute atomic E-state index is 0.0691. The molecule has 0 bridgehead atoms. The van der Waals surface area contributed by atoms with Crippen LogP contribution in [0.25, 0.3) is 6.08 Å². The lowest BCUT2D eigenvalue weighted by Gasteiger charge is -2.27. The van der Waals surface area contributed by atoms with Gasteiger partial charge in [0, 0.05) is 16.7 Å². The zero-order valence-electron chi connectivity index (χ0n) is 17.4. The SMILES string of the molecule is COc1ccc(C(=O)/C=C/c2cc(C(C)(C)C)c(O)c(C(C)(C)C)c2)cc1. The Morgan fingerprint density at radius 2 is 1.41 bits per heavy atom. The Hall–Kier alpha value is -2.55. The van der Waals surface area contributed by atoms with Crippen LogP contribution in [-0.4, -0.2) is 18.0 Å². The van der Waals surface area contributed by atoms with Crippen molar-refractivity contribution in [2.24, 2.45) is 0 Å². The van der Waals surface area contributed by atoms with Crippen molar-refractivity contribution >= 4 is 11.9 Å². The van der Waals surface area contributed by atoms with Crippen molar-refractivity contribution in [2.75, 3.05) is 7.11 Å². The summed E-state index contributed by atoms with van der Waals surface area (Å²) in [5, 5.41) is 10.8. The summed E-state index contributed by atoms with van der Waals surface area (Å²) in [6.45, 7) is 12.4. The van der Waals surface area contributed by atoms with Gasteiger partial charge in [0.25, 0.3) is 0 Å². The number of phenolic OH excluding ortho intramolecular Hbond substituents is 1. The number of ether oxygens (including phenoxy) is 1. The van der Waals surface area contributed by atoms with Gasteiger partial charge >= 0.3 is 0 Å². The van der Waals surface area contributed by atoms with Gasteiger partial charge in [-0.15, -0.1) is 0 Å². The summed E-state index contributed by atoms with van der Waals surface area (Å²) in [5.74, 6) is 0.993. The fourth-order valence-corrected chi connectivity index (χ4v) is 2.92. The number of methoxy groups -OCH3 is 1. The Labute approximate surface area is 162 Å². The normalized spacial score (nSPS) is 12.4. The molecule has 0 unspecified atom stereocenters. The molecule has 2 aromatic carbocycles. The van der Waals surface area contributed by atoms with Gasteiger partial charge in [-0.05, 0) is 58.9 Å². The highest BCUT2D eigenvalue weighted by molar-refractivity contribution is 6.06. The molecule has 0 radical (unpaired) electrons. The highest BCUT2D eigenvalue weighted by atomic mass is 16.5. The van der Waals surface area contributed by atoms with Crippen molar-refractivity contribution in [2.45, 2.75) is 52.4 Å². The van der Waals surface area contributed by atoms with Gasteiger partial charge in [-0.25, -0.2) is 0 Å². The summed E-state index contributed by atoms with van der Waals surface area (Å²) in [4.78, 5) is 12.5. The number of hydrogen-bond donors (Lipinski definition) is 1. The van der Waals surface area contributed by atoms with Crippen LogP contribution in [0.1, 0.15) is 68.6 Å². The van der Waals surface area contributed by atoms with E-state index in [0.717, 1.165) is 22.4 Å². The van der Waals surface area contributed by atoms with Gasteiger partial charge in [0.2, 0.25) is 0 Å². The maximum absolute atomic E-state index is 12.5. The Morgan fingerprint density at radius 1 is 0.926 bits per heavy atom. The van der Waals surface area contributed by atoms with E-state index in [1.807, 2.05) is 18.2 Å². The molecule has 0 heterocycles. The van der Waals surface area contributed by atoms with Crippen molar-refractivity contribution in [3.05, 3.63) is 64.7 Å². The molecule has 0 amide bonds. The van der Waals surface area contributed by atoms with Crippen LogP contribution in [0.2, 0.25) is 0 Å². The van der Waals surface area contributed by atoms with Gasteiger partial charge in [0.1, 0.15) is 11.5 Å². The fourth-order valence-electron chi connectivity index (χ4n) is 2.92. The van der Waals surface area contributed by atoms with Crippen LogP contribution in [0.4, 0.5) is 0 Å². The van der Waals surface area contributed by atoms with Crippen LogP contribution in [0, 0.1) is 0 Å². The van der Waals surface area contributed by atoms with E-state index in [1.54, 1.807) is 37.5 Å². The summed E-state index contributed by atoms with van der Waals surface area (Å²) in [5.41, 5.74) is 2.88. The summed E-state index contributed by atoms with van der Waals surface area (Å²) < 4.78 is 5.13. The third kappa shape index (κ3) is 5.00. The third-order valence-corrected chi connectivity index (χ3v) is 4.55. The fraction of sp³-hybridized carbons (Fsp3) is 0.375. The maximum Gasteiger partial charge on any atom is 0.185 e. The highest BCUT2D eigenvalue weighted by Gasteiger charge is 2.26. The van der Waals surface area contributed by atoms with Gasteiger partial charge in [-0.2, -0.15) is 0 Å². The Morgan fingerprint density at radius 3 is 1.81 bits per heavy atom. The largest absolute Gasteiger partial charge is 0.507 e. The van der Waals surface area contributed by atoms with E-state index in [-0.39, 0.29) is 16.6 Å². The predicted molar refractivity (Wildman–Crippen MR) is 112 cm³/mol. The van der Waals surface area contributed by atoms with Crippen molar-refractivity contribution in [1.29, 1.82) is 0 Å². The van der Waals surface area contributed by atoms with Crippen molar-refractivity contribution < 1.29 is 14.6 Å². The van der Waals surface area contributed by atoms with Crippen LogP contribution in [0.3, 0.4) is 0 Å². The molecule has 0 spiro atoms. The van der Waals surface area contributed by atoms with E-state index >= 15 is 0 Å². The van der Waals surface area contributed by atoms with Crippen molar-refractivity contribution in [3.8, 4) is 11.5 Å². The van der Waals surface area contributed by atoms with Crippen LogP contribution in [-0.2, 0) is 10.8 Å². The number of allylic oxidation sites excluding steroid dienone is 1. The minimum Gasteiger partial charge on any atom is -0.507 e. The topological polar surface area (TPSA) is 46.5 Å². The molecule has 0 aliphatic carbocycles. The van der Waals surface area contributed by atoms with E-state index in [9.17, 15) is 9.90 Å². The molecule has 0 aliphatic heterocycles. The lowest BCUT2D eigenvalue weighted by Crippen LogP contribution is -2.17. The minimum atomic E-state index is -0.200. The van der Waals surface area contributed by atoms with Gasteiger partial charge in [0.05, 0.1) is 7.11 Å². The molecular formula is C24H30O3. The van der Waals surface area contributed by atoms with Crippen molar-refractivity contribution in [1.82, 2.24) is 0 Å². The Bertz CT molecular complexity index is 810. The summed E-state index contributed by atoms with van der Waals surface area (Å²) in [7, 11) is 1.60. The number of aromatic hydroxyl groups is 1. The molecule has 0 aliphatic rings. The Balaban J connectivity index is 2.42. The Kier molecular flexibility index (Phi) is 5.84. The number of ketones is 1. The van der Waals surface area contributed by atoms with Crippen LogP contribution in [0.5, 0.6) is 11.5 Å². The zero-order chi connectivity index (χ0) is 20.4.